The van der Waals surface area contributed by atoms with E-state index in [-0.39, 0.29) is 31.1 Å². The molecule has 0 radical (unpaired) electrons. The van der Waals surface area contributed by atoms with Crippen molar-refractivity contribution in [3.05, 3.63) is 48.6 Å². The molecule has 0 aromatic heterocycles. The van der Waals surface area contributed by atoms with Crippen LogP contribution in [-0.2, 0) is 28.6 Å². The van der Waals surface area contributed by atoms with Crippen LogP contribution in [0.2, 0.25) is 0 Å². The Hall–Kier alpha value is -2.63. The highest BCUT2D eigenvalue weighted by Crippen LogP contribution is 2.16. The molecule has 0 saturated heterocycles. The molecule has 402 valence electrons. The van der Waals surface area contributed by atoms with Gasteiger partial charge in [0.1, 0.15) is 13.2 Å². The Labute approximate surface area is 428 Å². The molecule has 0 N–H and O–H groups in total. The average Bonchev–Trinajstić information content (AvgIpc) is 3.35. The van der Waals surface area contributed by atoms with E-state index in [0.29, 0.717) is 19.3 Å². The van der Waals surface area contributed by atoms with E-state index in [0.717, 1.165) is 83.5 Å². The lowest BCUT2D eigenvalue weighted by atomic mass is 10.1. The van der Waals surface area contributed by atoms with E-state index in [4.69, 9.17) is 14.2 Å². The number of hydrogen-bond donors (Lipinski definition) is 0. The van der Waals surface area contributed by atoms with Crippen LogP contribution in [-0.4, -0.2) is 37.2 Å². The van der Waals surface area contributed by atoms with Crippen LogP contribution < -0.4 is 0 Å². The molecule has 0 aliphatic rings. The molecule has 0 fully saturated rings. The van der Waals surface area contributed by atoms with Gasteiger partial charge in [-0.15, -0.1) is 0 Å². The molecule has 0 aliphatic heterocycles. The van der Waals surface area contributed by atoms with E-state index in [1.807, 2.05) is 0 Å². The van der Waals surface area contributed by atoms with Crippen molar-refractivity contribution in [1.29, 1.82) is 0 Å². The number of hydrogen-bond acceptors (Lipinski definition) is 6. The highest BCUT2D eigenvalue weighted by molar-refractivity contribution is 5.71. The van der Waals surface area contributed by atoms with Gasteiger partial charge in [-0.2, -0.15) is 0 Å². The fourth-order valence-corrected chi connectivity index (χ4v) is 8.70. The second-order valence-electron chi connectivity index (χ2n) is 20.2. The first-order chi connectivity index (χ1) is 34.0. The highest BCUT2D eigenvalue weighted by Gasteiger charge is 2.19. The summed E-state index contributed by atoms with van der Waals surface area (Å²) in [6.45, 7) is 6.63. The second-order valence-corrected chi connectivity index (χ2v) is 20.2. The lowest BCUT2D eigenvalue weighted by Gasteiger charge is -2.18. The van der Waals surface area contributed by atoms with Crippen molar-refractivity contribution < 1.29 is 28.6 Å². The quantitative estimate of drug-likeness (QED) is 0.0262. The maximum atomic E-state index is 12.9. The minimum Gasteiger partial charge on any atom is -0.462 e. The van der Waals surface area contributed by atoms with Crippen LogP contribution in [0, 0.1) is 0 Å². The molecule has 0 saturated carbocycles. The Kier molecular flexibility index (Phi) is 55.7. The summed E-state index contributed by atoms with van der Waals surface area (Å²) in [6.07, 6.45) is 71.0. The van der Waals surface area contributed by atoms with Crippen molar-refractivity contribution >= 4 is 17.9 Å². The maximum Gasteiger partial charge on any atom is 0.306 e. The molecule has 0 bridgehead atoms. The summed E-state index contributed by atoms with van der Waals surface area (Å²) >= 11 is 0. The van der Waals surface area contributed by atoms with E-state index in [1.165, 1.54) is 193 Å². The molecule has 1 atom stereocenters. The first kappa shape index (κ1) is 66.4. The van der Waals surface area contributed by atoms with Gasteiger partial charge in [0.05, 0.1) is 0 Å². The first-order valence-electron chi connectivity index (χ1n) is 30.1. The number of ether oxygens (including phenoxy) is 3. The third-order valence-electron chi connectivity index (χ3n) is 13.3. The maximum absolute atomic E-state index is 12.9. The van der Waals surface area contributed by atoms with E-state index in [9.17, 15) is 14.4 Å². The molecule has 1 unspecified atom stereocenters. The largest absolute Gasteiger partial charge is 0.462 e. The molecule has 0 aromatic carbocycles. The summed E-state index contributed by atoms with van der Waals surface area (Å²) in [5.74, 6) is -0.890. The minimum absolute atomic E-state index is 0.0817. The van der Waals surface area contributed by atoms with Crippen LogP contribution in [0.15, 0.2) is 48.6 Å². The molecule has 0 rings (SSSR count). The lowest BCUT2D eigenvalue weighted by Crippen LogP contribution is -2.30. The van der Waals surface area contributed by atoms with Gasteiger partial charge < -0.3 is 14.2 Å². The molecule has 0 amide bonds. The molecular weight excluding hydrogens is 853 g/mol. The van der Waals surface area contributed by atoms with Crippen LogP contribution in [0.5, 0.6) is 0 Å². The van der Waals surface area contributed by atoms with Gasteiger partial charge in [0.25, 0.3) is 0 Å². The Morgan fingerprint density at radius 1 is 0.290 bits per heavy atom. The van der Waals surface area contributed by atoms with Gasteiger partial charge in [-0.1, -0.05) is 243 Å². The Morgan fingerprint density at radius 3 is 0.841 bits per heavy atom. The smallest absolute Gasteiger partial charge is 0.306 e. The van der Waals surface area contributed by atoms with Gasteiger partial charge in [-0.05, 0) is 103 Å². The van der Waals surface area contributed by atoms with E-state index >= 15 is 0 Å². The van der Waals surface area contributed by atoms with Gasteiger partial charge in [-0.3, -0.25) is 14.4 Å². The number of carbonyl (C=O) groups excluding carboxylic acids is 3. The summed E-state index contributed by atoms with van der Waals surface area (Å²) in [5, 5.41) is 0. The number of rotatable bonds is 55. The van der Waals surface area contributed by atoms with Gasteiger partial charge in [0.2, 0.25) is 0 Å². The van der Waals surface area contributed by atoms with Gasteiger partial charge >= 0.3 is 17.9 Å². The van der Waals surface area contributed by atoms with Crippen molar-refractivity contribution in [1.82, 2.24) is 0 Å². The van der Waals surface area contributed by atoms with Crippen molar-refractivity contribution in [2.45, 2.75) is 322 Å². The Balaban J connectivity index is 4.39. The zero-order valence-corrected chi connectivity index (χ0v) is 46.1. The average molecular weight is 968 g/mol. The molecule has 0 aliphatic carbocycles. The predicted octanol–water partition coefficient (Wildman–Crippen LogP) is 20.2. The molecule has 69 heavy (non-hydrogen) atoms. The topological polar surface area (TPSA) is 78.9 Å². The number of esters is 3. The van der Waals surface area contributed by atoms with Gasteiger partial charge in [-0.25, -0.2) is 0 Å². The van der Waals surface area contributed by atoms with E-state index < -0.39 is 6.10 Å². The summed E-state index contributed by atoms with van der Waals surface area (Å²) in [7, 11) is 0. The summed E-state index contributed by atoms with van der Waals surface area (Å²) < 4.78 is 16.9. The zero-order chi connectivity index (χ0) is 50.0. The summed E-state index contributed by atoms with van der Waals surface area (Å²) in [4.78, 5) is 38.2. The van der Waals surface area contributed by atoms with E-state index in [1.54, 1.807) is 0 Å². The van der Waals surface area contributed by atoms with Crippen molar-refractivity contribution in [2.75, 3.05) is 13.2 Å². The SMILES string of the molecule is CCCCC/C=C\C/C=C\CCCCCCCCCC(=O)OC(COC(=O)CCCCCCC/C=C\CCCCCCCCC)COC(=O)CCCCCCC/C=C\CCCCCCCCCCC. The highest BCUT2D eigenvalue weighted by atomic mass is 16.6. The monoisotopic (exact) mass is 967 g/mol. The predicted molar refractivity (Wildman–Crippen MR) is 298 cm³/mol. The number of unbranched alkanes of at least 4 members (excludes halogenated alkanes) is 36. The van der Waals surface area contributed by atoms with Gasteiger partial charge in [0, 0.05) is 19.3 Å². The number of allylic oxidation sites excluding steroid dienone is 8. The van der Waals surface area contributed by atoms with Crippen LogP contribution in [0.4, 0.5) is 0 Å². The summed E-state index contributed by atoms with van der Waals surface area (Å²) in [5.41, 5.74) is 0. The zero-order valence-electron chi connectivity index (χ0n) is 46.1. The minimum atomic E-state index is -0.784. The van der Waals surface area contributed by atoms with Crippen LogP contribution >= 0.6 is 0 Å². The van der Waals surface area contributed by atoms with Crippen LogP contribution in [0.25, 0.3) is 0 Å². The molecule has 6 nitrogen and oxygen atoms in total. The number of carbonyl (C=O) groups is 3. The molecule has 0 aromatic rings. The van der Waals surface area contributed by atoms with Crippen molar-refractivity contribution in [3.8, 4) is 0 Å². The standard InChI is InChI=1S/C63H114O6/c1-4-7-10-13-16-19-22-25-28-31-33-35-38-41-44-47-50-53-56-62(65)68-59-60(58-67-61(64)55-52-49-46-43-40-37-34-30-27-24-21-18-15-12-9-6-3)69-63(66)57-54-51-48-45-42-39-36-32-29-26-23-20-17-14-11-8-5-2/h17,20,26,29-30,33-35,60H,4-16,18-19,21-25,27-28,31-32,36-59H2,1-3H3/b20-17-,29-26-,34-30-,35-33-. The fourth-order valence-electron chi connectivity index (χ4n) is 8.70. The first-order valence-corrected chi connectivity index (χ1v) is 30.1. The Bertz CT molecular complexity index is 1200. The van der Waals surface area contributed by atoms with Crippen LogP contribution in [0.3, 0.4) is 0 Å². The second kappa shape index (κ2) is 57.9. The molecule has 6 heteroatoms. The van der Waals surface area contributed by atoms with Crippen molar-refractivity contribution in [2.24, 2.45) is 0 Å². The third kappa shape index (κ3) is 56.2. The lowest BCUT2D eigenvalue weighted by molar-refractivity contribution is -0.167. The fraction of sp³-hybridized carbons (Fsp3) is 0.825. The van der Waals surface area contributed by atoms with Crippen molar-refractivity contribution in [3.63, 3.8) is 0 Å². The Morgan fingerprint density at radius 2 is 0.522 bits per heavy atom. The van der Waals surface area contributed by atoms with Gasteiger partial charge in [0.15, 0.2) is 6.10 Å². The molecular formula is C63H114O6. The molecule has 0 spiro atoms. The van der Waals surface area contributed by atoms with E-state index in [2.05, 4.69) is 69.4 Å². The third-order valence-corrected chi connectivity index (χ3v) is 13.3. The normalized spacial score (nSPS) is 12.3. The van der Waals surface area contributed by atoms with Crippen LogP contribution in [0.1, 0.15) is 316 Å². The molecule has 0 heterocycles. The summed E-state index contributed by atoms with van der Waals surface area (Å²) in [6, 6.07) is 0.